The SMILES string of the molecule is CCNC(=NCc1cc2ccccc2[nH]1)NCC1(N2CCOCC2)CCCCC1.I. The van der Waals surface area contributed by atoms with Gasteiger partial charge in [-0.15, -0.1) is 24.0 Å². The third-order valence-corrected chi connectivity index (χ3v) is 6.39. The number of aliphatic imine (C=N–C) groups is 1. The van der Waals surface area contributed by atoms with E-state index in [1.54, 1.807) is 0 Å². The molecule has 2 fully saturated rings. The van der Waals surface area contributed by atoms with Gasteiger partial charge in [-0.3, -0.25) is 4.90 Å². The van der Waals surface area contributed by atoms with E-state index >= 15 is 0 Å². The molecule has 6 nitrogen and oxygen atoms in total. The Morgan fingerprint density at radius 1 is 1.13 bits per heavy atom. The number of rotatable bonds is 6. The van der Waals surface area contributed by atoms with Gasteiger partial charge in [-0.1, -0.05) is 37.5 Å². The number of halogens is 1. The number of aromatic amines is 1. The van der Waals surface area contributed by atoms with Gasteiger partial charge < -0.3 is 20.4 Å². The fourth-order valence-corrected chi connectivity index (χ4v) is 4.83. The fraction of sp³-hybridized carbons (Fsp3) is 0.609. The van der Waals surface area contributed by atoms with Crippen LogP contribution in [-0.2, 0) is 11.3 Å². The van der Waals surface area contributed by atoms with E-state index < -0.39 is 0 Å². The van der Waals surface area contributed by atoms with Crippen molar-refractivity contribution in [3.8, 4) is 0 Å². The van der Waals surface area contributed by atoms with Crippen molar-refractivity contribution in [2.24, 2.45) is 4.99 Å². The molecule has 1 aliphatic heterocycles. The van der Waals surface area contributed by atoms with Crippen molar-refractivity contribution in [1.82, 2.24) is 20.5 Å². The molecule has 30 heavy (non-hydrogen) atoms. The maximum atomic E-state index is 5.61. The molecule has 166 valence electrons. The van der Waals surface area contributed by atoms with Crippen LogP contribution in [0.5, 0.6) is 0 Å². The molecule has 0 atom stereocenters. The number of guanidine groups is 1. The summed E-state index contributed by atoms with van der Waals surface area (Å²) in [6, 6.07) is 10.6. The molecular formula is C23H36IN5O. The lowest BCUT2D eigenvalue weighted by Crippen LogP contribution is -2.60. The molecular weight excluding hydrogens is 489 g/mol. The quantitative estimate of drug-likeness (QED) is 0.305. The van der Waals surface area contributed by atoms with Crippen LogP contribution in [0.3, 0.4) is 0 Å². The van der Waals surface area contributed by atoms with Crippen LogP contribution in [0.25, 0.3) is 10.9 Å². The number of nitrogens with zero attached hydrogens (tertiary/aromatic N) is 2. The van der Waals surface area contributed by atoms with E-state index in [-0.39, 0.29) is 29.5 Å². The summed E-state index contributed by atoms with van der Waals surface area (Å²) in [6.07, 6.45) is 6.53. The molecule has 0 bridgehead atoms. The van der Waals surface area contributed by atoms with Crippen molar-refractivity contribution in [1.29, 1.82) is 0 Å². The van der Waals surface area contributed by atoms with Gasteiger partial charge in [0, 0.05) is 42.9 Å². The smallest absolute Gasteiger partial charge is 0.191 e. The summed E-state index contributed by atoms with van der Waals surface area (Å²) in [7, 11) is 0. The highest BCUT2D eigenvalue weighted by Gasteiger charge is 2.38. The molecule has 0 spiro atoms. The second-order valence-electron chi connectivity index (χ2n) is 8.31. The first-order chi connectivity index (χ1) is 14.3. The average Bonchev–Trinajstić information content (AvgIpc) is 3.20. The lowest BCUT2D eigenvalue weighted by Gasteiger charge is -2.48. The topological polar surface area (TPSA) is 64.7 Å². The van der Waals surface area contributed by atoms with Crippen LogP contribution in [0.2, 0.25) is 0 Å². The predicted molar refractivity (Wildman–Crippen MR) is 135 cm³/mol. The summed E-state index contributed by atoms with van der Waals surface area (Å²) >= 11 is 0. The minimum absolute atomic E-state index is 0. The zero-order valence-electron chi connectivity index (χ0n) is 18.1. The molecule has 7 heteroatoms. The molecule has 2 aliphatic rings. The number of morpholine rings is 1. The Hall–Kier alpha value is -1.32. The summed E-state index contributed by atoms with van der Waals surface area (Å²) in [6.45, 7) is 8.39. The molecule has 0 unspecified atom stereocenters. The molecule has 1 aliphatic carbocycles. The minimum atomic E-state index is 0. The normalized spacial score (nSPS) is 20.0. The number of hydrogen-bond acceptors (Lipinski definition) is 3. The molecule has 2 aromatic rings. The Kier molecular flexibility index (Phi) is 8.83. The average molecular weight is 525 g/mol. The molecule has 0 amide bonds. The Labute approximate surface area is 197 Å². The highest BCUT2D eigenvalue weighted by atomic mass is 127. The van der Waals surface area contributed by atoms with E-state index in [1.165, 1.54) is 43.0 Å². The summed E-state index contributed by atoms with van der Waals surface area (Å²) < 4.78 is 5.61. The summed E-state index contributed by atoms with van der Waals surface area (Å²) in [5.74, 6) is 0.907. The highest BCUT2D eigenvalue weighted by molar-refractivity contribution is 14.0. The van der Waals surface area contributed by atoms with E-state index in [0.29, 0.717) is 6.54 Å². The van der Waals surface area contributed by atoms with Gasteiger partial charge in [0.1, 0.15) is 0 Å². The van der Waals surface area contributed by atoms with Crippen molar-refractivity contribution >= 4 is 40.8 Å². The number of benzene rings is 1. The van der Waals surface area contributed by atoms with Crippen molar-refractivity contribution in [2.45, 2.75) is 51.1 Å². The van der Waals surface area contributed by atoms with Crippen molar-refractivity contribution in [3.63, 3.8) is 0 Å². The van der Waals surface area contributed by atoms with Gasteiger partial charge in [-0.25, -0.2) is 4.99 Å². The maximum Gasteiger partial charge on any atom is 0.191 e. The number of fused-ring (bicyclic) bond motifs is 1. The van der Waals surface area contributed by atoms with Gasteiger partial charge in [0.2, 0.25) is 0 Å². The lowest BCUT2D eigenvalue weighted by atomic mass is 9.80. The Balaban J connectivity index is 0.00000256. The number of para-hydroxylation sites is 1. The summed E-state index contributed by atoms with van der Waals surface area (Å²) in [5.41, 5.74) is 2.55. The molecule has 0 radical (unpaired) electrons. The molecule has 1 aromatic heterocycles. The van der Waals surface area contributed by atoms with Crippen LogP contribution in [0.4, 0.5) is 0 Å². The van der Waals surface area contributed by atoms with Crippen LogP contribution in [0, 0.1) is 0 Å². The first-order valence-electron chi connectivity index (χ1n) is 11.2. The van der Waals surface area contributed by atoms with Crippen LogP contribution >= 0.6 is 24.0 Å². The van der Waals surface area contributed by atoms with Gasteiger partial charge in [0.15, 0.2) is 5.96 Å². The number of ether oxygens (including phenoxy) is 1. The van der Waals surface area contributed by atoms with E-state index in [2.05, 4.69) is 57.8 Å². The Morgan fingerprint density at radius 3 is 2.63 bits per heavy atom. The molecule has 1 saturated heterocycles. The number of aromatic nitrogens is 1. The van der Waals surface area contributed by atoms with E-state index in [9.17, 15) is 0 Å². The summed E-state index contributed by atoms with van der Waals surface area (Å²) in [4.78, 5) is 11.0. The van der Waals surface area contributed by atoms with E-state index in [4.69, 9.17) is 9.73 Å². The zero-order chi connectivity index (χ0) is 19.9. The van der Waals surface area contributed by atoms with Crippen LogP contribution < -0.4 is 10.6 Å². The van der Waals surface area contributed by atoms with Crippen LogP contribution in [0.1, 0.15) is 44.7 Å². The molecule has 1 aromatic carbocycles. The molecule has 3 N–H and O–H groups in total. The maximum absolute atomic E-state index is 5.61. The third-order valence-electron chi connectivity index (χ3n) is 6.39. The second kappa shape index (κ2) is 11.3. The van der Waals surface area contributed by atoms with Crippen molar-refractivity contribution in [3.05, 3.63) is 36.0 Å². The monoisotopic (exact) mass is 525 g/mol. The van der Waals surface area contributed by atoms with Gasteiger partial charge in [-0.05, 0) is 37.3 Å². The van der Waals surface area contributed by atoms with Gasteiger partial charge in [-0.2, -0.15) is 0 Å². The lowest BCUT2D eigenvalue weighted by molar-refractivity contribution is -0.0352. The standard InChI is InChI=1S/C23H35N5O.HI/c1-2-24-22(25-17-20-16-19-8-4-5-9-21(19)27-20)26-18-23(10-6-3-7-11-23)28-12-14-29-15-13-28;/h4-5,8-9,16,27H,2-3,6-7,10-15,17-18H2,1H3,(H2,24,25,26);1H. The largest absolute Gasteiger partial charge is 0.379 e. The van der Waals surface area contributed by atoms with Gasteiger partial charge >= 0.3 is 0 Å². The first kappa shape index (κ1) is 23.3. The highest BCUT2D eigenvalue weighted by Crippen LogP contribution is 2.33. The van der Waals surface area contributed by atoms with Crippen LogP contribution in [-0.4, -0.2) is 60.8 Å². The fourth-order valence-electron chi connectivity index (χ4n) is 4.83. The van der Waals surface area contributed by atoms with Crippen molar-refractivity contribution < 1.29 is 4.74 Å². The Bertz CT molecular complexity index is 776. The molecule has 2 heterocycles. The first-order valence-corrected chi connectivity index (χ1v) is 11.2. The number of nitrogens with one attached hydrogen (secondary N) is 3. The third kappa shape index (κ3) is 5.68. The molecule has 4 rings (SSSR count). The Morgan fingerprint density at radius 2 is 1.90 bits per heavy atom. The van der Waals surface area contributed by atoms with Crippen molar-refractivity contribution in [2.75, 3.05) is 39.4 Å². The predicted octanol–water partition coefficient (Wildman–Crippen LogP) is 3.88. The number of hydrogen-bond donors (Lipinski definition) is 3. The second-order valence-corrected chi connectivity index (χ2v) is 8.31. The van der Waals surface area contributed by atoms with Crippen LogP contribution in [0.15, 0.2) is 35.3 Å². The number of H-pyrrole nitrogens is 1. The van der Waals surface area contributed by atoms with E-state index in [1.807, 2.05) is 0 Å². The minimum Gasteiger partial charge on any atom is -0.379 e. The van der Waals surface area contributed by atoms with Gasteiger partial charge in [0.25, 0.3) is 0 Å². The van der Waals surface area contributed by atoms with Gasteiger partial charge in [0.05, 0.1) is 19.8 Å². The van der Waals surface area contributed by atoms with E-state index in [0.717, 1.165) is 51.0 Å². The molecule has 1 saturated carbocycles. The summed E-state index contributed by atoms with van der Waals surface area (Å²) in [5, 5.41) is 8.34. The zero-order valence-corrected chi connectivity index (χ0v) is 20.4.